The fourth-order valence-corrected chi connectivity index (χ4v) is 2.92. The number of hydrogen-bond acceptors (Lipinski definition) is 0. The molecule has 0 aromatic heterocycles. The largest absolute Gasteiger partial charge is 0.103 e. The second-order valence-electron chi connectivity index (χ2n) is 6.39. The summed E-state index contributed by atoms with van der Waals surface area (Å²) in [4.78, 5) is 0. The van der Waals surface area contributed by atoms with E-state index in [0.717, 1.165) is 5.92 Å². The van der Waals surface area contributed by atoms with Crippen molar-refractivity contribution in [3.05, 3.63) is 0 Å². The highest BCUT2D eigenvalue weighted by atomic mass is 14.3. The molecular formula is C14H27B2. The maximum absolute atomic E-state index is 6.41. The van der Waals surface area contributed by atoms with Crippen LogP contribution in [0.1, 0.15) is 65.7 Å². The summed E-state index contributed by atoms with van der Waals surface area (Å²) in [6.07, 6.45) is 9.01. The van der Waals surface area contributed by atoms with E-state index in [0.29, 0.717) is 5.41 Å². The highest BCUT2D eigenvalue weighted by Crippen LogP contribution is 2.43. The summed E-state index contributed by atoms with van der Waals surface area (Å²) in [5.74, 6) is 0.795. The first-order chi connectivity index (χ1) is 7.42. The fraction of sp³-hybridized carbons (Fsp3) is 1.00. The molecule has 0 spiro atoms. The quantitative estimate of drug-likeness (QED) is 0.600. The van der Waals surface area contributed by atoms with Gasteiger partial charge >= 0.3 is 0 Å². The molecular weight excluding hydrogens is 190 g/mol. The summed E-state index contributed by atoms with van der Waals surface area (Å²) in [6.45, 7) is 9.34. The predicted molar refractivity (Wildman–Crippen MR) is 75.3 cm³/mol. The Morgan fingerprint density at radius 1 is 1.00 bits per heavy atom. The molecule has 0 aromatic rings. The van der Waals surface area contributed by atoms with Gasteiger partial charge in [0.05, 0.1) is 7.85 Å². The Balaban J connectivity index is 2.62. The zero-order chi connectivity index (χ0) is 12.2. The van der Waals surface area contributed by atoms with Crippen LogP contribution in [0, 0.1) is 11.3 Å². The highest BCUT2D eigenvalue weighted by Gasteiger charge is 2.31. The molecule has 0 amide bonds. The van der Waals surface area contributed by atoms with Crippen LogP contribution in [-0.2, 0) is 0 Å². The molecule has 0 saturated heterocycles. The lowest BCUT2D eigenvalue weighted by Crippen LogP contribution is -2.23. The molecule has 1 rings (SSSR count). The third-order valence-electron chi connectivity index (χ3n) is 5.00. The minimum atomic E-state index is 0.0161. The van der Waals surface area contributed by atoms with Crippen LogP contribution in [0.25, 0.3) is 0 Å². The summed E-state index contributed by atoms with van der Waals surface area (Å²) in [7, 11) is 8.63. The molecule has 1 fully saturated rings. The molecule has 3 radical (unpaired) electrons. The van der Waals surface area contributed by atoms with E-state index in [-0.39, 0.29) is 5.21 Å². The Morgan fingerprint density at radius 3 is 2.06 bits per heavy atom. The second kappa shape index (κ2) is 5.65. The van der Waals surface area contributed by atoms with Crippen LogP contribution in [-0.4, -0.2) is 15.1 Å². The summed E-state index contributed by atoms with van der Waals surface area (Å²) >= 11 is 0. The average Bonchev–Trinajstić information content (AvgIpc) is 2.30. The van der Waals surface area contributed by atoms with E-state index < -0.39 is 0 Å². The smallest absolute Gasteiger partial charge is 0.0922 e. The van der Waals surface area contributed by atoms with Gasteiger partial charge in [-0.1, -0.05) is 64.9 Å². The van der Waals surface area contributed by atoms with Crippen molar-refractivity contribution in [2.75, 3.05) is 0 Å². The van der Waals surface area contributed by atoms with Gasteiger partial charge in [-0.3, -0.25) is 0 Å². The summed E-state index contributed by atoms with van der Waals surface area (Å²) in [5.41, 5.74) is 0.541. The maximum Gasteiger partial charge on any atom is 0.103 e. The van der Waals surface area contributed by atoms with Crippen molar-refractivity contribution in [3.8, 4) is 0 Å². The summed E-state index contributed by atoms with van der Waals surface area (Å²) < 4.78 is 0. The molecule has 0 N–H and O–H groups in total. The van der Waals surface area contributed by atoms with Crippen LogP contribution in [0.4, 0.5) is 0 Å². The van der Waals surface area contributed by atoms with Crippen molar-refractivity contribution in [1.29, 1.82) is 0 Å². The van der Waals surface area contributed by atoms with Gasteiger partial charge in [0.1, 0.15) is 7.28 Å². The Hall–Kier alpha value is 0.130. The summed E-state index contributed by atoms with van der Waals surface area (Å²) in [6, 6.07) is 0. The monoisotopic (exact) mass is 217 g/mol. The molecule has 0 aliphatic heterocycles. The molecule has 0 bridgehead atoms. The van der Waals surface area contributed by atoms with Crippen molar-refractivity contribution in [2.24, 2.45) is 11.3 Å². The van der Waals surface area contributed by atoms with E-state index in [1.807, 2.05) is 0 Å². The van der Waals surface area contributed by atoms with Crippen LogP contribution in [0.3, 0.4) is 0 Å². The van der Waals surface area contributed by atoms with Gasteiger partial charge in [-0.2, -0.15) is 0 Å². The topological polar surface area (TPSA) is 0 Å². The Labute approximate surface area is 105 Å². The van der Waals surface area contributed by atoms with Gasteiger partial charge in [-0.05, 0) is 24.2 Å². The molecule has 1 saturated carbocycles. The Kier molecular flexibility index (Phi) is 5.01. The van der Waals surface area contributed by atoms with E-state index in [1.54, 1.807) is 0 Å². The fourth-order valence-electron chi connectivity index (χ4n) is 2.92. The Morgan fingerprint density at radius 2 is 1.50 bits per heavy atom. The van der Waals surface area contributed by atoms with Crippen molar-refractivity contribution >= 4 is 15.1 Å². The van der Waals surface area contributed by atoms with E-state index in [9.17, 15) is 0 Å². The molecule has 2 atom stereocenters. The predicted octanol–water partition coefficient (Wildman–Crippen LogP) is 4.43. The van der Waals surface area contributed by atoms with E-state index in [2.05, 4.69) is 34.9 Å². The zero-order valence-corrected chi connectivity index (χ0v) is 11.7. The first-order valence-corrected chi connectivity index (χ1v) is 7.01. The van der Waals surface area contributed by atoms with Crippen molar-refractivity contribution < 1.29 is 0 Å². The average molecular weight is 217 g/mol. The molecule has 0 heterocycles. The van der Waals surface area contributed by atoms with Crippen LogP contribution in [0.15, 0.2) is 0 Å². The van der Waals surface area contributed by atoms with E-state index in [1.165, 1.54) is 44.9 Å². The van der Waals surface area contributed by atoms with Crippen LogP contribution >= 0.6 is 0 Å². The van der Waals surface area contributed by atoms with Gasteiger partial charge < -0.3 is 0 Å². The van der Waals surface area contributed by atoms with Crippen molar-refractivity contribution in [3.63, 3.8) is 0 Å². The minimum absolute atomic E-state index is 0.0161. The van der Waals surface area contributed by atoms with E-state index >= 15 is 0 Å². The molecule has 2 unspecified atom stereocenters. The van der Waals surface area contributed by atoms with Gasteiger partial charge in [-0.15, -0.1) is 0 Å². The summed E-state index contributed by atoms with van der Waals surface area (Å²) in [5, 5.41) is 0.0161. The third-order valence-corrected chi connectivity index (χ3v) is 5.00. The highest BCUT2D eigenvalue weighted by molar-refractivity contribution is 6.52. The number of hydrogen-bond donors (Lipinski definition) is 0. The molecule has 0 aromatic carbocycles. The minimum Gasteiger partial charge on any atom is -0.0922 e. The van der Waals surface area contributed by atoms with Crippen molar-refractivity contribution in [1.82, 2.24) is 0 Å². The van der Waals surface area contributed by atoms with Crippen LogP contribution < -0.4 is 0 Å². The SMILES string of the molecule is [B]C1([B]C)CCCCC(C)(C(C)C)CCC1. The first-order valence-electron chi connectivity index (χ1n) is 7.01. The molecule has 16 heavy (non-hydrogen) atoms. The van der Waals surface area contributed by atoms with Gasteiger partial charge in [-0.25, -0.2) is 0 Å². The van der Waals surface area contributed by atoms with Gasteiger partial charge in [0.2, 0.25) is 0 Å². The van der Waals surface area contributed by atoms with Gasteiger partial charge in [0.15, 0.2) is 0 Å². The molecule has 0 nitrogen and oxygen atoms in total. The van der Waals surface area contributed by atoms with Crippen LogP contribution in [0.2, 0.25) is 12.0 Å². The molecule has 1 aliphatic carbocycles. The number of rotatable bonds is 2. The standard InChI is InChI=1S/C14H27B2/c1-12(2)13(3)8-5-6-10-14(15,16-4)11-7-9-13/h12H,5-11H2,1-4H3. The zero-order valence-electron chi connectivity index (χ0n) is 11.7. The third kappa shape index (κ3) is 3.57. The normalized spacial score (nSPS) is 37.6. The first kappa shape index (κ1) is 14.2. The Bertz CT molecular complexity index is 215. The second-order valence-corrected chi connectivity index (χ2v) is 6.39. The van der Waals surface area contributed by atoms with Gasteiger partial charge in [0.25, 0.3) is 0 Å². The lowest BCUT2D eigenvalue weighted by atomic mass is 9.40. The lowest BCUT2D eigenvalue weighted by molar-refractivity contribution is 0.173. The van der Waals surface area contributed by atoms with Crippen molar-refractivity contribution in [2.45, 2.75) is 77.8 Å². The molecule has 2 heteroatoms. The van der Waals surface area contributed by atoms with Gasteiger partial charge in [0, 0.05) is 0 Å². The van der Waals surface area contributed by atoms with E-state index in [4.69, 9.17) is 7.85 Å². The molecule has 1 aliphatic rings. The lowest BCUT2D eigenvalue weighted by Gasteiger charge is -2.34. The molecule has 89 valence electrons. The maximum atomic E-state index is 6.41. The van der Waals surface area contributed by atoms with Crippen LogP contribution in [0.5, 0.6) is 0 Å².